The van der Waals surface area contributed by atoms with E-state index in [-0.39, 0.29) is 0 Å². The number of hydrogen-bond donors (Lipinski definition) is 1. The third-order valence-corrected chi connectivity index (χ3v) is 3.60. The quantitative estimate of drug-likeness (QED) is 0.772. The predicted molar refractivity (Wildman–Crippen MR) is 84.1 cm³/mol. The van der Waals surface area contributed by atoms with Gasteiger partial charge in [0, 0.05) is 24.1 Å². The van der Waals surface area contributed by atoms with E-state index < -0.39 is 0 Å². The Labute approximate surface area is 122 Å². The number of imidazole rings is 1. The molecule has 2 rings (SSSR count). The molecule has 108 valence electrons. The molecule has 20 heavy (non-hydrogen) atoms. The van der Waals surface area contributed by atoms with Crippen molar-refractivity contribution < 1.29 is 0 Å². The number of rotatable bonds is 7. The van der Waals surface area contributed by atoms with Crippen molar-refractivity contribution in [2.75, 3.05) is 6.54 Å². The van der Waals surface area contributed by atoms with Gasteiger partial charge < -0.3 is 9.88 Å². The fraction of sp³-hybridized carbons (Fsp3) is 0.471. The number of nitrogens with zero attached hydrogens (tertiary/aromatic N) is 2. The van der Waals surface area contributed by atoms with E-state index in [9.17, 15) is 0 Å². The fourth-order valence-corrected chi connectivity index (χ4v) is 2.29. The van der Waals surface area contributed by atoms with Gasteiger partial charge in [-0.3, -0.25) is 0 Å². The molecule has 0 amide bonds. The summed E-state index contributed by atoms with van der Waals surface area (Å²) in [5.41, 5.74) is 2.48. The molecular formula is C17H25N3. The van der Waals surface area contributed by atoms with E-state index in [1.54, 1.807) is 6.20 Å². The van der Waals surface area contributed by atoms with Gasteiger partial charge in [0.1, 0.15) is 0 Å². The minimum absolute atomic E-state index is 0.402. The van der Waals surface area contributed by atoms with Crippen LogP contribution in [0, 0.1) is 5.92 Å². The van der Waals surface area contributed by atoms with E-state index >= 15 is 0 Å². The highest BCUT2D eigenvalue weighted by Crippen LogP contribution is 2.15. The highest BCUT2D eigenvalue weighted by atomic mass is 15.0. The number of hydrogen-bond acceptors (Lipinski definition) is 2. The van der Waals surface area contributed by atoms with Crippen LogP contribution in [0.25, 0.3) is 5.69 Å². The molecule has 3 nitrogen and oxygen atoms in total. The van der Waals surface area contributed by atoms with E-state index in [4.69, 9.17) is 0 Å². The largest absolute Gasteiger partial charge is 0.310 e. The predicted octanol–water partition coefficient (Wildman–Crippen LogP) is 3.96. The van der Waals surface area contributed by atoms with Gasteiger partial charge in [0.25, 0.3) is 0 Å². The number of nitrogens with one attached hydrogen (secondary N) is 1. The lowest BCUT2D eigenvalue weighted by atomic mass is 10.1. The summed E-state index contributed by atoms with van der Waals surface area (Å²) in [5, 5.41) is 3.59. The van der Waals surface area contributed by atoms with Crippen molar-refractivity contribution in [1.82, 2.24) is 14.9 Å². The maximum atomic E-state index is 4.07. The molecule has 1 aromatic heterocycles. The monoisotopic (exact) mass is 271 g/mol. The van der Waals surface area contributed by atoms with Crippen LogP contribution < -0.4 is 5.32 Å². The molecule has 1 aromatic carbocycles. The SMILES string of the molecule is CC(C)CCCNC(C)c1ccc(-n2ccnc2)cc1. The molecule has 0 aliphatic rings. The zero-order valence-corrected chi connectivity index (χ0v) is 12.7. The molecular weight excluding hydrogens is 246 g/mol. The molecule has 0 spiro atoms. The van der Waals surface area contributed by atoms with E-state index in [1.807, 2.05) is 17.1 Å². The average molecular weight is 271 g/mol. The summed E-state index contributed by atoms with van der Waals surface area (Å²) in [4.78, 5) is 4.07. The van der Waals surface area contributed by atoms with Crippen LogP contribution in [0.2, 0.25) is 0 Å². The van der Waals surface area contributed by atoms with Gasteiger partial charge in [0.2, 0.25) is 0 Å². The van der Waals surface area contributed by atoms with Gasteiger partial charge in [-0.05, 0) is 49.9 Å². The summed E-state index contributed by atoms with van der Waals surface area (Å²) in [6.45, 7) is 7.86. The van der Waals surface area contributed by atoms with Crippen LogP contribution in [0.3, 0.4) is 0 Å². The first-order valence-corrected chi connectivity index (χ1v) is 7.48. The van der Waals surface area contributed by atoms with Crippen LogP contribution in [0.4, 0.5) is 0 Å². The molecule has 1 unspecified atom stereocenters. The summed E-state index contributed by atoms with van der Waals surface area (Å²) in [6.07, 6.45) is 8.12. The van der Waals surface area contributed by atoms with Gasteiger partial charge in [-0.25, -0.2) is 4.98 Å². The molecule has 1 heterocycles. The Hall–Kier alpha value is -1.61. The Morgan fingerprint density at radius 2 is 1.90 bits per heavy atom. The lowest BCUT2D eigenvalue weighted by Crippen LogP contribution is -2.20. The summed E-state index contributed by atoms with van der Waals surface area (Å²) in [7, 11) is 0. The normalized spacial score (nSPS) is 12.8. The molecule has 0 fully saturated rings. The molecule has 1 N–H and O–H groups in total. The van der Waals surface area contributed by atoms with Gasteiger partial charge in [0.05, 0.1) is 6.33 Å². The third kappa shape index (κ3) is 4.20. The molecule has 2 aromatic rings. The van der Waals surface area contributed by atoms with Crippen molar-refractivity contribution in [1.29, 1.82) is 0 Å². The molecule has 0 radical (unpaired) electrons. The van der Waals surface area contributed by atoms with Crippen molar-refractivity contribution in [3.8, 4) is 5.69 Å². The molecule has 3 heteroatoms. The fourth-order valence-electron chi connectivity index (χ4n) is 2.29. The molecule has 0 saturated heterocycles. The van der Waals surface area contributed by atoms with Crippen molar-refractivity contribution in [3.63, 3.8) is 0 Å². The first-order valence-electron chi connectivity index (χ1n) is 7.48. The second-order valence-corrected chi connectivity index (χ2v) is 5.77. The summed E-state index contributed by atoms with van der Waals surface area (Å²) >= 11 is 0. The Bertz CT molecular complexity index is 485. The molecule has 0 saturated carbocycles. The lowest BCUT2D eigenvalue weighted by Gasteiger charge is -2.15. The van der Waals surface area contributed by atoms with Crippen LogP contribution in [-0.2, 0) is 0 Å². The van der Waals surface area contributed by atoms with Crippen LogP contribution in [-0.4, -0.2) is 16.1 Å². The third-order valence-electron chi connectivity index (χ3n) is 3.60. The minimum Gasteiger partial charge on any atom is -0.310 e. The van der Waals surface area contributed by atoms with Gasteiger partial charge in [-0.1, -0.05) is 26.0 Å². The number of benzene rings is 1. The van der Waals surface area contributed by atoms with Gasteiger partial charge in [0.15, 0.2) is 0 Å². The standard InChI is InChI=1S/C17H25N3/c1-14(2)5-4-10-19-15(3)16-6-8-17(9-7-16)20-12-11-18-13-20/h6-9,11-15,19H,4-5,10H2,1-3H3. The topological polar surface area (TPSA) is 29.9 Å². The van der Waals surface area contributed by atoms with E-state index in [0.717, 1.165) is 18.2 Å². The van der Waals surface area contributed by atoms with Crippen molar-refractivity contribution in [3.05, 3.63) is 48.5 Å². The first-order chi connectivity index (χ1) is 9.66. The summed E-state index contributed by atoms with van der Waals surface area (Å²) in [6, 6.07) is 9.07. The zero-order valence-electron chi connectivity index (χ0n) is 12.7. The van der Waals surface area contributed by atoms with Crippen LogP contribution in [0.15, 0.2) is 43.0 Å². The van der Waals surface area contributed by atoms with E-state index in [0.29, 0.717) is 6.04 Å². The maximum absolute atomic E-state index is 4.07. The average Bonchev–Trinajstić information content (AvgIpc) is 2.97. The van der Waals surface area contributed by atoms with Gasteiger partial charge >= 0.3 is 0 Å². The molecule has 0 aliphatic heterocycles. The van der Waals surface area contributed by atoms with Crippen molar-refractivity contribution in [2.24, 2.45) is 5.92 Å². The smallest absolute Gasteiger partial charge is 0.0991 e. The Balaban J connectivity index is 1.86. The van der Waals surface area contributed by atoms with Crippen molar-refractivity contribution in [2.45, 2.75) is 39.7 Å². The second kappa shape index (κ2) is 7.25. The lowest BCUT2D eigenvalue weighted by molar-refractivity contribution is 0.497. The Morgan fingerprint density at radius 3 is 2.50 bits per heavy atom. The van der Waals surface area contributed by atoms with E-state index in [1.165, 1.54) is 18.4 Å². The zero-order chi connectivity index (χ0) is 14.4. The minimum atomic E-state index is 0.402. The molecule has 0 bridgehead atoms. The highest BCUT2D eigenvalue weighted by Gasteiger charge is 2.05. The Kier molecular flexibility index (Phi) is 5.36. The second-order valence-electron chi connectivity index (χ2n) is 5.77. The Morgan fingerprint density at radius 1 is 1.15 bits per heavy atom. The summed E-state index contributed by atoms with van der Waals surface area (Å²) in [5.74, 6) is 0.793. The van der Waals surface area contributed by atoms with Crippen LogP contribution in [0.5, 0.6) is 0 Å². The van der Waals surface area contributed by atoms with E-state index in [2.05, 4.69) is 55.3 Å². The molecule has 1 atom stereocenters. The van der Waals surface area contributed by atoms with Crippen molar-refractivity contribution >= 4 is 0 Å². The van der Waals surface area contributed by atoms with Gasteiger partial charge in [-0.15, -0.1) is 0 Å². The van der Waals surface area contributed by atoms with Crippen LogP contribution >= 0.6 is 0 Å². The molecule has 0 aliphatic carbocycles. The van der Waals surface area contributed by atoms with Crippen LogP contribution in [0.1, 0.15) is 45.2 Å². The highest BCUT2D eigenvalue weighted by molar-refractivity contribution is 5.35. The summed E-state index contributed by atoms with van der Waals surface area (Å²) < 4.78 is 2.02. The van der Waals surface area contributed by atoms with Gasteiger partial charge in [-0.2, -0.15) is 0 Å². The maximum Gasteiger partial charge on any atom is 0.0991 e. The first kappa shape index (κ1) is 14.8. The number of aromatic nitrogens is 2.